The molecule has 1 aromatic rings. The molecule has 2 rings (SSSR count). The second kappa shape index (κ2) is 35.7. The summed E-state index contributed by atoms with van der Waals surface area (Å²) in [5, 5.41) is 46.7. The van der Waals surface area contributed by atoms with Crippen molar-refractivity contribution in [2.45, 2.75) is 205 Å². The van der Waals surface area contributed by atoms with E-state index in [-0.39, 0.29) is 61.1 Å². The minimum absolute atomic E-state index is 0.0143. The van der Waals surface area contributed by atoms with Gasteiger partial charge >= 0.3 is 0 Å². The molecule has 1 aliphatic rings. The fourth-order valence-corrected chi connectivity index (χ4v) is 8.90. The molecule has 0 aromatic heterocycles. The summed E-state index contributed by atoms with van der Waals surface area (Å²) in [6.07, 6.45) is -0.650. The van der Waals surface area contributed by atoms with Gasteiger partial charge < -0.3 is 79.6 Å². The molecule has 0 saturated carbocycles. The highest BCUT2D eigenvalue weighted by Gasteiger charge is 2.38. The Morgan fingerprint density at radius 2 is 0.939 bits per heavy atom. The third kappa shape index (κ3) is 24.9. The molecular weight excluding hydrogens is 1090 g/mol. The number of benzene rings is 1. The molecule has 11 atom stereocenters. The summed E-state index contributed by atoms with van der Waals surface area (Å²) in [4.78, 5) is 164. The number of methoxy groups -OCH3 is 1. The summed E-state index contributed by atoms with van der Waals surface area (Å²) in [6.45, 7) is 12.4. The number of rotatable bonds is 23. The highest BCUT2D eigenvalue weighted by molar-refractivity contribution is 6.32. The zero-order chi connectivity index (χ0) is 62.0. The quantitative estimate of drug-likeness (QED) is 0.0561. The summed E-state index contributed by atoms with van der Waals surface area (Å²) in [7, 11) is 1.41. The van der Waals surface area contributed by atoms with Gasteiger partial charge in [0.05, 0.1) is 37.2 Å². The average Bonchev–Trinajstić information content (AvgIpc) is 3.46. The number of ether oxygens (including phenoxy) is 1. The Morgan fingerprint density at radius 3 is 1.40 bits per heavy atom. The van der Waals surface area contributed by atoms with Crippen molar-refractivity contribution >= 4 is 82.5 Å². The molecule has 82 heavy (non-hydrogen) atoms. The van der Waals surface area contributed by atoms with Crippen LogP contribution in [0.15, 0.2) is 18.2 Å². The third-order valence-electron chi connectivity index (χ3n) is 13.1. The van der Waals surface area contributed by atoms with E-state index in [2.05, 4.69) is 53.2 Å². The number of halogens is 1. The van der Waals surface area contributed by atoms with Gasteiger partial charge in [-0.05, 0) is 82.9 Å². The second-order valence-corrected chi connectivity index (χ2v) is 21.9. The van der Waals surface area contributed by atoms with Crippen LogP contribution in [0.3, 0.4) is 0 Å². The molecule has 0 spiro atoms. The zero-order valence-electron chi connectivity index (χ0n) is 48.4. The van der Waals surface area contributed by atoms with Crippen LogP contribution in [-0.4, -0.2) is 161 Å². The maximum absolute atomic E-state index is 14.6. The number of carbonyl (C=O) groups excluding carboxylic acids is 12. The van der Waals surface area contributed by atoms with E-state index in [0.717, 1.165) is 39.5 Å². The second-order valence-electron chi connectivity index (χ2n) is 21.5. The largest absolute Gasteiger partial charge is 0.495 e. The van der Waals surface area contributed by atoms with Gasteiger partial charge in [-0.25, -0.2) is 0 Å². The average molecular weight is 1180 g/mol. The van der Waals surface area contributed by atoms with Crippen LogP contribution < -0.4 is 69.4 Å². The van der Waals surface area contributed by atoms with Gasteiger partial charge in [0.1, 0.15) is 60.1 Å². The lowest BCUT2D eigenvalue weighted by Crippen LogP contribution is -2.62. The number of aliphatic hydroxyl groups excluding tert-OH is 2. The number of amides is 12. The maximum atomic E-state index is 14.6. The predicted molar refractivity (Wildman–Crippen MR) is 301 cm³/mol. The lowest BCUT2D eigenvalue weighted by molar-refractivity contribution is -0.138. The van der Waals surface area contributed by atoms with Crippen molar-refractivity contribution in [2.24, 2.45) is 23.3 Å². The standard InChI is InChI=1S/C54H87ClN12O15/c1-10-11-12-13-14-15-17-34-47(74)60-35(18-16-21-58-46(73)32-19-20-40(82-9)33(55)24-32)48(75)66-43(30(7)68)53(80)59-29(6)45(72)62-38(25-41(56)70)50(77)64-39(26-42(57)71)51(78)63-37(23-28(4)5)52(79)67-44(31(8)69)54(81)65-36(22-27(2)3)49(76)61-34/h19-20,24,27-31,34-39,43-44,68-69H,10-18,21-23,25-26H2,1-9H3,(H2,56,70)(H2,57,71)(H,58,73)(H,59,80)(H,60,74)(H,61,76)(H,62,72)(H,63,78)(H,64,77)(H,65,81)(H,66,75)(H,67,79)/t29-,30+,31+,34+,35-,36+,37+,38-,39+,43-,44-/m0/s1. The molecule has 0 aliphatic carbocycles. The van der Waals surface area contributed by atoms with Crippen LogP contribution in [0.25, 0.3) is 0 Å². The number of carbonyl (C=O) groups is 12. The van der Waals surface area contributed by atoms with Gasteiger partial charge in [0.2, 0.25) is 65.0 Å². The molecule has 28 heteroatoms. The molecule has 0 bridgehead atoms. The van der Waals surface area contributed by atoms with Crippen LogP contribution in [0, 0.1) is 11.8 Å². The number of nitrogens with two attached hydrogens (primary N) is 2. The van der Waals surface area contributed by atoms with Gasteiger partial charge in [-0.1, -0.05) is 84.7 Å². The Labute approximate surface area is 483 Å². The predicted octanol–water partition coefficient (Wildman–Crippen LogP) is -1.39. The molecule has 12 amide bonds. The van der Waals surface area contributed by atoms with E-state index in [0.29, 0.717) is 18.6 Å². The zero-order valence-corrected chi connectivity index (χ0v) is 49.1. The first-order valence-electron chi connectivity index (χ1n) is 27.8. The van der Waals surface area contributed by atoms with Crippen LogP contribution in [0.2, 0.25) is 5.02 Å². The number of primary amides is 2. The van der Waals surface area contributed by atoms with E-state index >= 15 is 0 Å². The Balaban J connectivity index is 2.82. The summed E-state index contributed by atoms with van der Waals surface area (Å²) in [6, 6.07) is -10.3. The molecule has 1 aliphatic heterocycles. The Kier molecular flexibility index (Phi) is 30.9. The highest BCUT2D eigenvalue weighted by Crippen LogP contribution is 2.25. The highest BCUT2D eigenvalue weighted by atomic mass is 35.5. The first kappa shape index (κ1) is 71.0. The van der Waals surface area contributed by atoms with Crippen molar-refractivity contribution in [1.82, 2.24) is 53.2 Å². The number of unbranched alkanes of at least 4 members (excludes halogenated alkanes) is 5. The van der Waals surface area contributed by atoms with E-state index in [1.165, 1.54) is 32.2 Å². The van der Waals surface area contributed by atoms with E-state index in [4.69, 9.17) is 27.8 Å². The van der Waals surface area contributed by atoms with Crippen molar-refractivity contribution < 1.29 is 72.5 Å². The Hall–Kier alpha value is -7.13. The van der Waals surface area contributed by atoms with Crippen molar-refractivity contribution in [1.29, 1.82) is 0 Å². The first-order chi connectivity index (χ1) is 38.5. The van der Waals surface area contributed by atoms with Crippen LogP contribution >= 0.6 is 11.6 Å². The number of nitrogens with one attached hydrogen (secondary N) is 10. The van der Waals surface area contributed by atoms with Crippen molar-refractivity contribution in [2.75, 3.05) is 13.7 Å². The summed E-state index contributed by atoms with van der Waals surface area (Å²) in [5.41, 5.74) is 11.0. The molecule has 1 aromatic carbocycles. The smallest absolute Gasteiger partial charge is 0.251 e. The van der Waals surface area contributed by atoms with Crippen LogP contribution in [-0.2, 0) is 52.7 Å². The van der Waals surface area contributed by atoms with Crippen LogP contribution in [0.4, 0.5) is 0 Å². The molecule has 1 saturated heterocycles. The lowest BCUT2D eigenvalue weighted by atomic mass is 9.99. The molecule has 460 valence electrons. The van der Waals surface area contributed by atoms with Crippen molar-refractivity contribution in [3.63, 3.8) is 0 Å². The van der Waals surface area contributed by atoms with E-state index in [1.54, 1.807) is 27.7 Å². The fraction of sp³-hybridized carbons (Fsp3) is 0.667. The van der Waals surface area contributed by atoms with E-state index in [1.807, 2.05) is 6.92 Å². The molecule has 1 fully saturated rings. The van der Waals surface area contributed by atoms with Gasteiger partial charge in [-0.15, -0.1) is 0 Å². The summed E-state index contributed by atoms with van der Waals surface area (Å²) in [5.74, 6) is -12.5. The van der Waals surface area contributed by atoms with Gasteiger partial charge in [0.15, 0.2) is 0 Å². The van der Waals surface area contributed by atoms with Gasteiger partial charge in [-0.3, -0.25) is 57.5 Å². The van der Waals surface area contributed by atoms with Crippen LogP contribution in [0.1, 0.15) is 149 Å². The lowest BCUT2D eigenvalue weighted by Gasteiger charge is -2.29. The molecule has 0 radical (unpaired) electrons. The van der Waals surface area contributed by atoms with Crippen molar-refractivity contribution in [3.05, 3.63) is 28.8 Å². The Bertz CT molecular complexity index is 2390. The number of hydrogen-bond acceptors (Lipinski definition) is 15. The van der Waals surface area contributed by atoms with Crippen molar-refractivity contribution in [3.8, 4) is 5.75 Å². The molecule has 0 unspecified atom stereocenters. The number of hydrogen-bond donors (Lipinski definition) is 14. The fourth-order valence-electron chi connectivity index (χ4n) is 8.65. The number of aliphatic hydroxyl groups is 2. The molecular formula is C54H87ClN12O15. The topological polar surface area (TPSA) is 427 Å². The molecule has 27 nitrogen and oxygen atoms in total. The summed E-state index contributed by atoms with van der Waals surface area (Å²) >= 11 is 6.23. The van der Waals surface area contributed by atoms with E-state index in [9.17, 15) is 67.7 Å². The third-order valence-corrected chi connectivity index (χ3v) is 13.4. The van der Waals surface area contributed by atoms with Crippen LogP contribution in [0.5, 0.6) is 5.75 Å². The van der Waals surface area contributed by atoms with E-state index < -0.39 is 150 Å². The Morgan fingerprint density at radius 1 is 0.549 bits per heavy atom. The first-order valence-corrected chi connectivity index (χ1v) is 28.1. The van der Waals surface area contributed by atoms with Gasteiger partial charge in [0, 0.05) is 12.1 Å². The summed E-state index contributed by atoms with van der Waals surface area (Å²) < 4.78 is 5.16. The van der Waals surface area contributed by atoms with Gasteiger partial charge in [-0.2, -0.15) is 0 Å². The van der Waals surface area contributed by atoms with Gasteiger partial charge in [0.25, 0.3) is 5.91 Å². The SMILES string of the molecule is CCCCCCCC[C@H]1NC(=O)[C@@H](CC(C)C)NC(=O)[C@H]([C@@H](C)O)NC(=O)[C@@H](CC(C)C)NC(=O)[C@@H](CC(N)=O)NC(=O)[C@H](CC(N)=O)NC(=O)[C@H](C)NC(=O)[C@H]([C@@H](C)O)NC(=O)[C@H](CCCNC(=O)c2ccc(OC)c(Cl)c2)NC1=O. The monoisotopic (exact) mass is 1180 g/mol. The maximum Gasteiger partial charge on any atom is 0.251 e. The minimum atomic E-state index is -1.86. The normalized spacial score (nSPS) is 24.2. The molecule has 1 heterocycles. The minimum Gasteiger partial charge on any atom is -0.495 e. The molecule has 16 N–H and O–H groups in total.